The Hall–Kier alpha value is -0.890. The standard InChI is InChI=1S/C11H14FO/c1-11(2,13-3)8-9-5-4-6-10(12)7-9/h4-7H,1,8H2,2-3H3. The highest BCUT2D eigenvalue weighted by Crippen LogP contribution is 2.15. The van der Waals surface area contributed by atoms with Gasteiger partial charge in [0.15, 0.2) is 0 Å². The van der Waals surface area contributed by atoms with Crippen LogP contribution in [0.2, 0.25) is 0 Å². The van der Waals surface area contributed by atoms with Gasteiger partial charge in [-0.2, -0.15) is 0 Å². The largest absolute Gasteiger partial charge is 0.378 e. The van der Waals surface area contributed by atoms with E-state index in [9.17, 15) is 4.39 Å². The first-order valence-corrected chi connectivity index (χ1v) is 4.18. The van der Waals surface area contributed by atoms with E-state index in [1.54, 1.807) is 13.2 Å². The zero-order valence-electron chi connectivity index (χ0n) is 8.01. The Morgan fingerprint density at radius 3 is 2.77 bits per heavy atom. The molecule has 0 fully saturated rings. The summed E-state index contributed by atoms with van der Waals surface area (Å²) in [5.41, 5.74) is 0.424. The van der Waals surface area contributed by atoms with Crippen molar-refractivity contribution in [1.29, 1.82) is 0 Å². The van der Waals surface area contributed by atoms with Gasteiger partial charge in [0.1, 0.15) is 5.82 Å². The smallest absolute Gasteiger partial charge is 0.123 e. The zero-order chi connectivity index (χ0) is 9.90. The average molecular weight is 181 g/mol. The Morgan fingerprint density at radius 1 is 1.54 bits per heavy atom. The molecule has 0 aliphatic rings. The van der Waals surface area contributed by atoms with Crippen LogP contribution in [0, 0.1) is 12.7 Å². The van der Waals surface area contributed by atoms with Crippen molar-refractivity contribution >= 4 is 0 Å². The second-order valence-electron chi connectivity index (χ2n) is 3.46. The summed E-state index contributed by atoms with van der Waals surface area (Å²) in [6, 6.07) is 6.49. The van der Waals surface area contributed by atoms with Crippen molar-refractivity contribution in [1.82, 2.24) is 0 Å². The van der Waals surface area contributed by atoms with Gasteiger partial charge in [0.25, 0.3) is 0 Å². The van der Waals surface area contributed by atoms with Crippen LogP contribution in [0.4, 0.5) is 4.39 Å². The molecule has 0 heterocycles. The van der Waals surface area contributed by atoms with Gasteiger partial charge in [-0.1, -0.05) is 12.1 Å². The van der Waals surface area contributed by atoms with E-state index in [1.165, 1.54) is 12.1 Å². The molecule has 0 amide bonds. The van der Waals surface area contributed by atoms with Gasteiger partial charge in [-0.25, -0.2) is 4.39 Å². The zero-order valence-corrected chi connectivity index (χ0v) is 8.01. The first kappa shape index (κ1) is 10.2. The topological polar surface area (TPSA) is 9.23 Å². The second-order valence-corrected chi connectivity index (χ2v) is 3.46. The fourth-order valence-electron chi connectivity index (χ4n) is 1.15. The summed E-state index contributed by atoms with van der Waals surface area (Å²) in [6.45, 7) is 5.74. The lowest BCUT2D eigenvalue weighted by molar-refractivity contribution is 0.0466. The predicted molar refractivity (Wildman–Crippen MR) is 50.9 cm³/mol. The maximum Gasteiger partial charge on any atom is 0.123 e. The third-order valence-electron chi connectivity index (χ3n) is 1.96. The van der Waals surface area contributed by atoms with Crippen LogP contribution in [-0.4, -0.2) is 12.7 Å². The van der Waals surface area contributed by atoms with Crippen LogP contribution in [0.25, 0.3) is 0 Å². The number of hydrogen-bond acceptors (Lipinski definition) is 1. The summed E-state index contributed by atoms with van der Waals surface area (Å²) in [7, 11) is 1.60. The lowest BCUT2D eigenvalue weighted by Crippen LogP contribution is -2.25. The summed E-state index contributed by atoms with van der Waals surface area (Å²) in [5, 5.41) is 0. The van der Waals surface area contributed by atoms with Crippen LogP contribution in [0.1, 0.15) is 12.5 Å². The minimum Gasteiger partial charge on any atom is -0.378 e. The molecule has 0 N–H and O–H groups in total. The van der Waals surface area contributed by atoms with Crippen molar-refractivity contribution in [3.05, 3.63) is 42.6 Å². The Balaban J connectivity index is 2.74. The number of ether oxygens (including phenoxy) is 1. The molecule has 1 nitrogen and oxygen atoms in total. The molecule has 0 aliphatic heterocycles. The molecule has 1 radical (unpaired) electrons. The Morgan fingerprint density at radius 2 is 2.23 bits per heavy atom. The van der Waals surface area contributed by atoms with E-state index in [4.69, 9.17) is 4.74 Å². The lowest BCUT2D eigenvalue weighted by atomic mass is 9.98. The summed E-state index contributed by atoms with van der Waals surface area (Å²) < 4.78 is 17.9. The molecule has 71 valence electrons. The molecule has 2 heteroatoms. The van der Waals surface area contributed by atoms with Gasteiger partial charge in [-0.05, 0) is 31.5 Å². The predicted octanol–water partition coefficient (Wildman–Crippen LogP) is 2.61. The van der Waals surface area contributed by atoms with Crippen LogP contribution in [-0.2, 0) is 11.2 Å². The first-order valence-electron chi connectivity index (χ1n) is 4.18. The number of hydrogen-bond donors (Lipinski definition) is 0. The number of methoxy groups -OCH3 is 1. The van der Waals surface area contributed by atoms with E-state index in [0.717, 1.165) is 5.56 Å². The minimum atomic E-state index is -0.478. The SMILES string of the molecule is [CH2]C(C)(Cc1cccc(F)c1)OC. The fourth-order valence-corrected chi connectivity index (χ4v) is 1.15. The van der Waals surface area contributed by atoms with E-state index >= 15 is 0 Å². The molecule has 1 rings (SSSR count). The molecule has 0 spiro atoms. The van der Waals surface area contributed by atoms with E-state index in [1.807, 2.05) is 13.0 Å². The molecule has 0 aromatic heterocycles. The van der Waals surface area contributed by atoms with Crippen LogP contribution in [0.5, 0.6) is 0 Å². The minimum absolute atomic E-state index is 0.218. The van der Waals surface area contributed by atoms with Crippen molar-refractivity contribution in [2.45, 2.75) is 18.9 Å². The molecule has 0 saturated heterocycles. The third kappa shape index (κ3) is 3.15. The van der Waals surface area contributed by atoms with Gasteiger partial charge >= 0.3 is 0 Å². The first-order chi connectivity index (χ1) is 6.03. The highest BCUT2D eigenvalue weighted by molar-refractivity contribution is 5.18. The van der Waals surface area contributed by atoms with Gasteiger partial charge in [0, 0.05) is 13.5 Å². The molecule has 13 heavy (non-hydrogen) atoms. The average Bonchev–Trinajstić information content (AvgIpc) is 2.03. The van der Waals surface area contributed by atoms with Gasteiger partial charge in [0.05, 0.1) is 5.60 Å². The van der Waals surface area contributed by atoms with Crippen molar-refractivity contribution in [3.8, 4) is 0 Å². The monoisotopic (exact) mass is 181 g/mol. The molecular weight excluding hydrogens is 167 g/mol. The maximum atomic E-state index is 12.8. The van der Waals surface area contributed by atoms with Gasteiger partial charge < -0.3 is 4.74 Å². The van der Waals surface area contributed by atoms with Crippen molar-refractivity contribution < 1.29 is 9.13 Å². The Bertz CT molecular complexity index is 281. The summed E-state index contributed by atoms with van der Waals surface area (Å²) in [5.74, 6) is -0.218. The quantitative estimate of drug-likeness (QED) is 0.696. The van der Waals surface area contributed by atoms with E-state index in [2.05, 4.69) is 6.92 Å². The van der Waals surface area contributed by atoms with Crippen molar-refractivity contribution in [3.63, 3.8) is 0 Å². The number of benzene rings is 1. The summed E-state index contributed by atoms with van der Waals surface area (Å²) >= 11 is 0. The van der Waals surface area contributed by atoms with Gasteiger partial charge in [0.2, 0.25) is 0 Å². The number of rotatable bonds is 3. The third-order valence-corrected chi connectivity index (χ3v) is 1.96. The maximum absolute atomic E-state index is 12.8. The van der Waals surface area contributed by atoms with Crippen molar-refractivity contribution in [2.75, 3.05) is 7.11 Å². The molecule has 1 unspecified atom stereocenters. The van der Waals surface area contributed by atoms with Gasteiger partial charge in [-0.3, -0.25) is 0 Å². The highest BCUT2D eigenvalue weighted by atomic mass is 19.1. The van der Waals surface area contributed by atoms with E-state index in [-0.39, 0.29) is 5.82 Å². The normalized spacial score (nSPS) is 11.7. The molecule has 1 aromatic rings. The van der Waals surface area contributed by atoms with E-state index < -0.39 is 5.60 Å². The van der Waals surface area contributed by atoms with Gasteiger partial charge in [-0.15, -0.1) is 0 Å². The summed E-state index contributed by atoms with van der Waals surface area (Å²) in [6.07, 6.45) is 0.612. The van der Waals surface area contributed by atoms with Crippen LogP contribution in [0.3, 0.4) is 0 Å². The molecule has 0 saturated carbocycles. The lowest BCUT2D eigenvalue weighted by Gasteiger charge is -2.22. The van der Waals surface area contributed by atoms with Crippen LogP contribution < -0.4 is 0 Å². The molecule has 0 bridgehead atoms. The molecular formula is C11H14FO. The Kier molecular flexibility index (Phi) is 3.04. The second kappa shape index (κ2) is 3.88. The highest BCUT2D eigenvalue weighted by Gasteiger charge is 2.17. The van der Waals surface area contributed by atoms with Crippen LogP contribution >= 0.6 is 0 Å². The van der Waals surface area contributed by atoms with Crippen LogP contribution in [0.15, 0.2) is 24.3 Å². The number of halogens is 1. The van der Waals surface area contributed by atoms with E-state index in [0.29, 0.717) is 6.42 Å². The van der Waals surface area contributed by atoms with Crippen molar-refractivity contribution in [2.24, 2.45) is 0 Å². The molecule has 1 atom stereocenters. The molecule has 1 aromatic carbocycles. The Labute approximate surface area is 78.5 Å². The fraction of sp³-hybridized carbons (Fsp3) is 0.364. The molecule has 0 aliphatic carbocycles. The summed E-state index contributed by atoms with van der Waals surface area (Å²) in [4.78, 5) is 0.